The molecule has 0 saturated carbocycles. The number of ketones is 1. The second-order valence-electron chi connectivity index (χ2n) is 1.89. The molecule has 0 bridgehead atoms. The highest BCUT2D eigenvalue weighted by atomic mass is 32.1. The van der Waals surface area contributed by atoms with Gasteiger partial charge >= 0.3 is 0 Å². The van der Waals surface area contributed by atoms with Gasteiger partial charge in [-0.2, -0.15) is 17.9 Å². The van der Waals surface area contributed by atoms with Crippen LogP contribution in [0.1, 0.15) is 19.8 Å². The number of carbonyl (C=O) groups is 1. The van der Waals surface area contributed by atoms with Crippen molar-refractivity contribution in [1.29, 1.82) is 5.26 Å². The van der Waals surface area contributed by atoms with E-state index in [0.717, 1.165) is 0 Å². The lowest BCUT2D eigenvalue weighted by atomic mass is 10.2. The molecule has 0 radical (unpaired) electrons. The zero-order chi connectivity index (χ0) is 7.28. The van der Waals surface area contributed by atoms with Crippen LogP contribution >= 0.6 is 12.6 Å². The van der Waals surface area contributed by atoms with Crippen LogP contribution < -0.4 is 0 Å². The van der Waals surface area contributed by atoms with Crippen LogP contribution in [0, 0.1) is 11.3 Å². The SMILES string of the molecule is CC(=O)CCC(S)C#N. The van der Waals surface area contributed by atoms with Crippen LogP contribution in [-0.2, 0) is 4.79 Å². The molecule has 9 heavy (non-hydrogen) atoms. The van der Waals surface area contributed by atoms with E-state index in [0.29, 0.717) is 12.8 Å². The molecule has 0 amide bonds. The predicted molar refractivity (Wildman–Crippen MR) is 38.3 cm³/mol. The van der Waals surface area contributed by atoms with E-state index >= 15 is 0 Å². The molecule has 50 valence electrons. The summed E-state index contributed by atoms with van der Waals surface area (Å²) in [5.74, 6) is 0.115. The molecule has 1 atom stereocenters. The lowest BCUT2D eigenvalue weighted by Crippen LogP contribution is -1.98. The number of thiol groups is 1. The van der Waals surface area contributed by atoms with Gasteiger partial charge in [-0.05, 0) is 13.3 Å². The molecule has 0 aromatic rings. The molecule has 0 spiro atoms. The van der Waals surface area contributed by atoms with E-state index < -0.39 is 0 Å². The fourth-order valence-corrected chi connectivity index (χ4v) is 0.534. The molecule has 0 N–H and O–H groups in total. The molecule has 0 heterocycles. The van der Waals surface area contributed by atoms with Gasteiger partial charge in [0.05, 0.1) is 11.3 Å². The first-order valence-electron chi connectivity index (χ1n) is 2.74. The summed E-state index contributed by atoms with van der Waals surface area (Å²) >= 11 is 3.89. The summed E-state index contributed by atoms with van der Waals surface area (Å²) in [6.45, 7) is 1.51. The van der Waals surface area contributed by atoms with Crippen LogP contribution in [0.4, 0.5) is 0 Å². The maximum Gasteiger partial charge on any atom is 0.129 e. The van der Waals surface area contributed by atoms with Gasteiger partial charge in [0, 0.05) is 6.42 Å². The van der Waals surface area contributed by atoms with E-state index in [4.69, 9.17) is 5.26 Å². The van der Waals surface area contributed by atoms with Crippen LogP contribution in [0.5, 0.6) is 0 Å². The molecular formula is C6H9NOS. The molecule has 0 aromatic heterocycles. The Morgan fingerprint density at radius 2 is 2.44 bits per heavy atom. The Hall–Kier alpha value is -0.490. The smallest absolute Gasteiger partial charge is 0.129 e. The van der Waals surface area contributed by atoms with Crippen molar-refractivity contribution in [2.24, 2.45) is 0 Å². The fourth-order valence-electron chi connectivity index (χ4n) is 0.405. The van der Waals surface area contributed by atoms with Crippen LogP contribution in [0.2, 0.25) is 0 Å². The van der Waals surface area contributed by atoms with Crippen LogP contribution in [0.15, 0.2) is 0 Å². The first-order chi connectivity index (χ1) is 4.16. The monoisotopic (exact) mass is 143 g/mol. The maximum absolute atomic E-state index is 10.3. The molecule has 3 heteroatoms. The van der Waals surface area contributed by atoms with E-state index in [9.17, 15) is 4.79 Å². The first-order valence-corrected chi connectivity index (χ1v) is 3.25. The number of nitrogens with zero attached hydrogens (tertiary/aromatic N) is 1. The van der Waals surface area contributed by atoms with Gasteiger partial charge in [-0.3, -0.25) is 0 Å². The second kappa shape index (κ2) is 4.39. The summed E-state index contributed by atoms with van der Waals surface area (Å²) in [5.41, 5.74) is 0. The first kappa shape index (κ1) is 8.51. The lowest BCUT2D eigenvalue weighted by Gasteiger charge is -1.95. The van der Waals surface area contributed by atoms with E-state index in [2.05, 4.69) is 12.6 Å². The summed E-state index contributed by atoms with van der Waals surface area (Å²) < 4.78 is 0. The quantitative estimate of drug-likeness (QED) is 0.603. The number of carbonyl (C=O) groups excluding carboxylic acids is 1. The van der Waals surface area contributed by atoms with E-state index in [1.165, 1.54) is 6.92 Å². The second-order valence-corrected chi connectivity index (χ2v) is 2.51. The van der Waals surface area contributed by atoms with Crippen molar-refractivity contribution in [3.63, 3.8) is 0 Å². The highest BCUT2D eigenvalue weighted by Crippen LogP contribution is 2.02. The van der Waals surface area contributed by atoms with Gasteiger partial charge in [0.25, 0.3) is 0 Å². The van der Waals surface area contributed by atoms with Gasteiger partial charge < -0.3 is 4.79 Å². The summed E-state index contributed by atoms with van der Waals surface area (Å²) in [7, 11) is 0. The number of rotatable bonds is 3. The number of hydrogen-bond acceptors (Lipinski definition) is 3. The average Bonchev–Trinajstić information content (AvgIpc) is 1.83. The van der Waals surface area contributed by atoms with Crippen molar-refractivity contribution in [3.8, 4) is 6.07 Å². The van der Waals surface area contributed by atoms with Gasteiger partial charge in [0.2, 0.25) is 0 Å². The van der Waals surface area contributed by atoms with Gasteiger partial charge in [-0.15, -0.1) is 0 Å². The molecule has 0 aliphatic carbocycles. The molecule has 0 saturated heterocycles. The van der Waals surface area contributed by atoms with E-state index in [1.807, 2.05) is 6.07 Å². The largest absolute Gasteiger partial charge is 0.300 e. The number of nitriles is 1. The minimum Gasteiger partial charge on any atom is -0.300 e. The Bertz CT molecular complexity index is 138. The van der Waals surface area contributed by atoms with Crippen LogP contribution in [0.3, 0.4) is 0 Å². The summed E-state index contributed by atoms with van der Waals surface area (Å²) in [6.07, 6.45) is 1.02. The third-order valence-corrected chi connectivity index (χ3v) is 1.29. The van der Waals surface area contributed by atoms with Crippen molar-refractivity contribution in [3.05, 3.63) is 0 Å². The topological polar surface area (TPSA) is 40.9 Å². The Balaban J connectivity index is 3.30. The summed E-state index contributed by atoms with van der Waals surface area (Å²) in [4.78, 5) is 10.3. The third kappa shape index (κ3) is 5.38. The minimum atomic E-state index is -0.283. The molecule has 0 aliphatic rings. The van der Waals surface area contributed by atoms with Crippen LogP contribution in [0.25, 0.3) is 0 Å². The number of hydrogen-bond donors (Lipinski definition) is 1. The normalized spacial score (nSPS) is 12.1. The maximum atomic E-state index is 10.3. The van der Waals surface area contributed by atoms with Crippen molar-refractivity contribution < 1.29 is 4.79 Å². The summed E-state index contributed by atoms with van der Waals surface area (Å²) in [6, 6.07) is 1.93. The highest BCUT2D eigenvalue weighted by Gasteiger charge is 2.00. The van der Waals surface area contributed by atoms with E-state index in [-0.39, 0.29) is 11.0 Å². The zero-order valence-corrected chi connectivity index (χ0v) is 6.19. The van der Waals surface area contributed by atoms with Crippen molar-refractivity contribution >= 4 is 18.4 Å². The number of Topliss-reactive ketones (excluding diaryl/α,β-unsaturated/α-hetero) is 1. The Labute approximate surface area is 60.3 Å². The average molecular weight is 143 g/mol. The Kier molecular flexibility index (Phi) is 4.16. The molecule has 0 fully saturated rings. The minimum absolute atomic E-state index is 0.115. The zero-order valence-electron chi connectivity index (χ0n) is 5.29. The predicted octanol–water partition coefficient (Wildman–Crippen LogP) is 1.18. The molecule has 0 rings (SSSR count). The molecular weight excluding hydrogens is 134 g/mol. The molecule has 2 nitrogen and oxygen atoms in total. The van der Waals surface area contributed by atoms with Gasteiger partial charge in [-0.25, -0.2) is 0 Å². The molecule has 0 aromatic carbocycles. The van der Waals surface area contributed by atoms with Crippen molar-refractivity contribution in [2.45, 2.75) is 25.0 Å². The summed E-state index contributed by atoms with van der Waals surface area (Å²) in [5, 5.41) is 7.93. The van der Waals surface area contributed by atoms with E-state index in [1.54, 1.807) is 0 Å². The van der Waals surface area contributed by atoms with Crippen molar-refractivity contribution in [2.75, 3.05) is 0 Å². The fraction of sp³-hybridized carbons (Fsp3) is 0.667. The Morgan fingerprint density at radius 3 is 2.78 bits per heavy atom. The third-order valence-electron chi connectivity index (χ3n) is 0.919. The van der Waals surface area contributed by atoms with Crippen LogP contribution in [-0.4, -0.2) is 11.0 Å². The Morgan fingerprint density at radius 1 is 1.89 bits per heavy atom. The van der Waals surface area contributed by atoms with Gasteiger partial charge in [0.1, 0.15) is 5.78 Å². The highest BCUT2D eigenvalue weighted by molar-refractivity contribution is 7.81. The molecule has 1 unspecified atom stereocenters. The lowest BCUT2D eigenvalue weighted by molar-refractivity contribution is -0.117. The van der Waals surface area contributed by atoms with Gasteiger partial charge in [-0.1, -0.05) is 0 Å². The standard InChI is InChI=1S/C6H9NOS/c1-5(8)2-3-6(9)4-7/h6,9H,2-3H2,1H3. The van der Waals surface area contributed by atoms with Crippen molar-refractivity contribution in [1.82, 2.24) is 0 Å². The molecule has 0 aliphatic heterocycles. The van der Waals surface area contributed by atoms with Gasteiger partial charge in [0.15, 0.2) is 0 Å².